The molecule has 0 radical (unpaired) electrons. The van der Waals surface area contributed by atoms with E-state index < -0.39 is 53.0 Å². The molecular formula is C17H19ClN4O7. The van der Waals surface area contributed by atoms with Gasteiger partial charge in [-0.05, 0) is 18.1 Å². The van der Waals surface area contributed by atoms with Crippen LogP contribution in [0.3, 0.4) is 0 Å². The van der Waals surface area contributed by atoms with Gasteiger partial charge in [-0.3, -0.25) is 24.6 Å². The molecule has 0 saturated carbocycles. The van der Waals surface area contributed by atoms with Crippen molar-refractivity contribution >= 4 is 41.1 Å². The molecule has 1 heterocycles. The summed E-state index contributed by atoms with van der Waals surface area (Å²) in [5.74, 6) is -2.70. The summed E-state index contributed by atoms with van der Waals surface area (Å²) in [4.78, 5) is 59.3. The Morgan fingerprint density at radius 3 is 2.62 bits per heavy atom. The molecule has 1 aromatic rings. The van der Waals surface area contributed by atoms with Gasteiger partial charge < -0.3 is 15.4 Å². The summed E-state index contributed by atoms with van der Waals surface area (Å²) in [7, 11) is 0. The van der Waals surface area contributed by atoms with Gasteiger partial charge in [0.1, 0.15) is 11.1 Å². The molecule has 0 spiro atoms. The number of urea groups is 1. The molecule has 12 heteroatoms. The summed E-state index contributed by atoms with van der Waals surface area (Å²) < 4.78 is 4.95. The van der Waals surface area contributed by atoms with E-state index in [0.29, 0.717) is 6.54 Å². The minimum atomic E-state index is -1.11. The standard InChI is InChI=1S/C17H19ClN4O7/c1-9(2)14(16(25)29-8-13(23)21-6-5-19-17(21)26)20-15(24)10-3-4-11(18)12(7-10)22(27)28/h3-4,7,9,14H,5-6,8H2,1-2H3,(H,19,26)(H,20,24). The number of nitro groups is 1. The zero-order valence-corrected chi connectivity index (χ0v) is 16.4. The van der Waals surface area contributed by atoms with Gasteiger partial charge >= 0.3 is 12.0 Å². The molecule has 4 amide bonds. The van der Waals surface area contributed by atoms with E-state index in [1.165, 1.54) is 12.1 Å². The maximum atomic E-state index is 12.4. The molecule has 1 aliphatic heterocycles. The molecule has 0 bridgehead atoms. The number of rotatable bonds is 7. The first-order chi connectivity index (χ1) is 13.6. The first-order valence-corrected chi connectivity index (χ1v) is 8.99. The van der Waals surface area contributed by atoms with Gasteiger partial charge in [-0.2, -0.15) is 0 Å². The number of hydrogen-bond donors (Lipinski definition) is 2. The molecule has 29 heavy (non-hydrogen) atoms. The van der Waals surface area contributed by atoms with Gasteiger partial charge in [0.05, 0.1) is 4.92 Å². The predicted molar refractivity (Wildman–Crippen MR) is 100 cm³/mol. The Morgan fingerprint density at radius 1 is 1.38 bits per heavy atom. The molecule has 2 rings (SSSR count). The Balaban J connectivity index is 2.03. The van der Waals surface area contributed by atoms with Gasteiger partial charge in [0, 0.05) is 24.7 Å². The second-order valence-corrected chi connectivity index (χ2v) is 6.91. The number of carbonyl (C=O) groups is 4. The SMILES string of the molecule is CC(C)C(NC(=O)c1ccc(Cl)c([N+](=O)[O-])c1)C(=O)OCC(=O)N1CCNC1=O. The quantitative estimate of drug-likeness (QED) is 0.376. The molecule has 1 atom stereocenters. The molecule has 11 nitrogen and oxygen atoms in total. The number of amides is 4. The topological polar surface area (TPSA) is 148 Å². The van der Waals surface area contributed by atoms with Crippen LogP contribution >= 0.6 is 11.6 Å². The van der Waals surface area contributed by atoms with Crippen LogP contribution in [-0.4, -0.2) is 59.4 Å². The maximum Gasteiger partial charge on any atom is 0.329 e. The highest BCUT2D eigenvalue weighted by molar-refractivity contribution is 6.32. The van der Waals surface area contributed by atoms with Crippen molar-refractivity contribution in [1.29, 1.82) is 0 Å². The number of nitrogens with one attached hydrogen (secondary N) is 2. The number of ether oxygens (including phenoxy) is 1. The molecule has 0 aromatic heterocycles. The van der Waals surface area contributed by atoms with Crippen molar-refractivity contribution in [2.24, 2.45) is 5.92 Å². The number of nitro benzene ring substituents is 1. The number of halogens is 1. The van der Waals surface area contributed by atoms with Gasteiger partial charge in [0.2, 0.25) is 0 Å². The largest absolute Gasteiger partial charge is 0.454 e. The third-order valence-electron chi connectivity index (χ3n) is 4.11. The molecule has 156 valence electrons. The van der Waals surface area contributed by atoms with Gasteiger partial charge in [-0.15, -0.1) is 0 Å². The summed E-state index contributed by atoms with van der Waals surface area (Å²) in [5.41, 5.74) is -0.512. The summed E-state index contributed by atoms with van der Waals surface area (Å²) in [5, 5.41) is 15.7. The highest BCUT2D eigenvalue weighted by Crippen LogP contribution is 2.25. The average molecular weight is 427 g/mol. The van der Waals surface area contributed by atoms with E-state index in [2.05, 4.69) is 10.6 Å². The zero-order chi connectivity index (χ0) is 21.7. The lowest BCUT2D eigenvalue weighted by Gasteiger charge is -2.21. The Hall–Kier alpha value is -3.21. The second kappa shape index (κ2) is 9.32. The lowest BCUT2D eigenvalue weighted by molar-refractivity contribution is -0.384. The van der Waals surface area contributed by atoms with E-state index in [1.807, 2.05) is 0 Å². The second-order valence-electron chi connectivity index (χ2n) is 6.50. The van der Waals surface area contributed by atoms with Gasteiger partial charge in [0.15, 0.2) is 6.61 Å². The number of esters is 1. The van der Waals surface area contributed by atoms with Crippen LogP contribution in [-0.2, 0) is 14.3 Å². The van der Waals surface area contributed by atoms with Crippen molar-refractivity contribution in [1.82, 2.24) is 15.5 Å². The van der Waals surface area contributed by atoms with E-state index in [4.69, 9.17) is 16.3 Å². The van der Waals surface area contributed by atoms with Crippen molar-refractivity contribution < 1.29 is 28.8 Å². The summed E-state index contributed by atoms with van der Waals surface area (Å²) in [6.07, 6.45) is 0. The number of nitrogens with zero attached hydrogens (tertiary/aromatic N) is 2. The molecular weight excluding hydrogens is 408 g/mol. The van der Waals surface area contributed by atoms with E-state index in [0.717, 1.165) is 11.0 Å². The number of carbonyl (C=O) groups excluding carboxylic acids is 4. The van der Waals surface area contributed by atoms with Crippen molar-refractivity contribution in [2.45, 2.75) is 19.9 Å². The summed E-state index contributed by atoms with van der Waals surface area (Å²) in [6, 6.07) is 1.80. The van der Waals surface area contributed by atoms with Gasteiger partial charge in [-0.1, -0.05) is 25.4 Å². The fraction of sp³-hybridized carbons (Fsp3) is 0.412. The summed E-state index contributed by atoms with van der Waals surface area (Å²) >= 11 is 5.73. The Morgan fingerprint density at radius 2 is 2.07 bits per heavy atom. The number of imide groups is 1. The van der Waals surface area contributed by atoms with Crippen LogP contribution in [0.4, 0.5) is 10.5 Å². The Bertz CT molecular complexity index is 858. The molecule has 1 unspecified atom stereocenters. The van der Waals surface area contributed by atoms with E-state index >= 15 is 0 Å². The van der Waals surface area contributed by atoms with Gasteiger partial charge in [0.25, 0.3) is 17.5 Å². The van der Waals surface area contributed by atoms with Crippen molar-refractivity contribution in [3.8, 4) is 0 Å². The highest BCUT2D eigenvalue weighted by Gasteiger charge is 2.30. The lowest BCUT2D eigenvalue weighted by Crippen LogP contribution is -2.46. The minimum Gasteiger partial charge on any atom is -0.454 e. The third kappa shape index (κ3) is 5.41. The lowest BCUT2D eigenvalue weighted by atomic mass is 10.0. The minimum absolute atomic E-state index is 0.0654. The number of hydrogen-bond acceptors (Lipinski definition) is 7. The van der Waals surface area contributed by atoms with Crippen LogP contribution in [0, 0.1) is 16.0 Å². The maximum absolute atomic E-state index is 12.4. The van der Waals surface area contributed by atoms with Crippen molar-refractivity contribution in [3.63, 3.8) is 0 Å². The molecule has 1 aliphatic rings. The third-order valence-corrected chi connectivity index (χ3v) is 4.43. The zero-order valence-electron chi connectivity index (χ0n) is 15.6. The van der Waals surface area contributed by atoms with Crippen LogP contribution in [0.2, 0.25) is 5.02 Å². The van der Waals surface area contributed by atoms with Gasteiger partial charge in [-0.25, -0.2) is 9.59 Å². The molecule has 1 aromatic carbocycles. The molecule has 1 saturated heterocycles. The van der Waals surface area contributed by atoms with E-state index in [1.54, 1.807) is 13.8 Å². The first kappa shape index (κ1) is 22.1. The fourth-order valence-electron chi connectivity index (χ4n) is 2.53. The predicted octanol–water partition coefficient (Wildman–Crippen LogP) is 1.10. The first-order valence-electron chi connectivity index (χ1n) is 8.61. The molecule has 1 fully saturated rings. The van der Waals surface area contributed by atoms with Crippen molar-refractivity contribution in [2.75, 3.05) is 19.7 Å². The van der Waals surface area contributed by atoms with E-state index in [-0.39, 0.29) is 17.1 Å². The molecule has 0 aliphatic carbocycles. The van der Waals surface area contributed by atoms with Crippen LogP contribution in [0.15, 0.2) is 18.2 Å². The summed E-state index contributed by atoms with van der Waals surface area (Å²) in [6.45, 7) is 3.13. The normalized spacial score (nSPS) is 14.3. The highest BCUT2D eigenvalue weighted by atomic mass is 35.5. The Kier molecular flexibility index (Phi) is 7.10. The van der Waals surface area contributed by atoms with Crippen LogP contribution in [0.25, 0.3) is 0 Å². The average Bonchev–Trinajstić information content (AvgIpc) is 3.09. The van der Waals surface area contributed by atoms with Crippen LogP contribution in [0.5, 0.6) is 0 Å². The van der Waals surface area contributed by atoms with Crippen LogP contribution < -0.4 is 10.6 Å². The molecule has 2 N–H and O–H groups in total. The fourth-order valence-corrected chi connectivity index (χ4v) is 2.71. The van der Waals surface area contributed by atoms with Crippen molar-refractivity contribution in [3.05, 3.63) is 38.9 Å². The smallest absolute Gasteiger partial charge is 0.329 e. The monoisotopic (exact) mass is 426 g/mol. The number of benzene rings is 1. The van der Waals surface area contributed by atoms with E-state index in [9.17, 15) is 29.3 Å². The Labute approximate surface area is 170 Å². The van der Waals surface area contributed by atoms with Crippen LogP contribution in [0.1, 0.15) is 24.2 Å².